The summed E-state index contributed by atoms with van der Waals surface area (Å²) < 4.78 is 0. The zero-order valence-corrected chi connectivity index (χ0v) is 14.2. The molecule has 0 saturated heterocycles. The molecule has 0 aromatic carbocycles. The molecule has 2 aliphatic rings. The van der Waals surface area contributed by atoms with Gasteiger partial charge in [0.1, 0.15) is 0 Å². The van der Waals surface area contributed by atoms with Crippen LogP contribution in [0.4, 0.5) is 0 Å². The van der Waals surface area contributed by atoms with Crippen molar-refractivity contribution in [3.63, 3.8) is 0 Å². The van der Waals surface area contributed by atoms with E-state index in [1.165, 1.54) is 64.2 Å². The highest BCUT2D eigenvalue weighted by Crippen LogP contribution is 2.45. The highest BCUT2D eigenvalue weighted by molar-refractivity contribution is 4.85. The molecule has 1 atom stereocenters. The second-order valence-electron chi connectivity index (χ2n) is 7.68. The molecule has 0 aromatic heterocycles. The van der Waals surface area contributed by atoms with Gasteiger partial charge in [-0.15, -0.1) is 0 Å². The van der Waals surface area contributed by atoms with Crippen LogP contribution < -0.4 is 0 Å². The van der Waals surface area contributed by atoms with Gasteiger partial charge in [0.25, 0.3) is 0 Å². The molecule has 2 fully saturated rings. The maximum absolute atomic E-state index is 2.47. The smallest absolute Gasteiger partial charge is 0.0329 e. The normalized spacial score (nSPS) is 24.1. The van der Waals surface area contributed by atoms with Crippen molar-refractivity contribution in [2.75, 3.05) is 0 Å². The lowest BCUT2D eigenvalue weighted by Crippen LogP contribution is -2.33. The molecule has 0 aromatic rings. The molecule has 0 radical (unpaired) electrons. The van der Waals surface area contributed by atoms with E-state index in [-0.39, 0.29) is 0 Å². The Morgan fingerprint density at radius 1 is 0.750 bits per heavy atom. The van der Waals surface area contributed by atoms with Crippen LogP contribution in [0, 0.1) is 23.7 Å². The average molecular weight is 279 g/mol. The molecule has 0 N–H and O–H groups in total. The molecule has 20 heavy (non-hydrogen) atoms. The van der Waals surface area contributed by atoms with Crippen molar-refractivity contribution in [1.29, 1.82) is 0 Å². The third-order valence-corrected chi connectivity index (χ3v) is 6.39. The Bertz CT molecular complexity index is 214. The van der Waals surface area contributed by atoms with Gasteiger partial charge in [0.2, 0.25) is 0 Å². The summed E-state index contributed by atoms with van der Waals surface area (Å²) in [6.45, 7) is 4.84. The molecule has 0 heteroatoms. The molecule has 0 aliphatic heterocycles. The van der Waals surface area contributed by atoms with Crippen LogP contribution in [0.2, 0.25) is 0 Å². The fourth-order valence-electron chi connectivity index (χ4n) is 5.33. The Kier molecular flexibility index (Phi) is 7.45. The first-order valence-corrected chi connectivity index (χ1v) is 9.86. The van der Waals surface area contributed by atoms with Gasteiger partial charge in [-0.25, -0.2) is 0 Å². The van der Waals surface area contributed by atoms with Gasteiger partial charge < -0.3 is 0 Å². The lowest BCUT2D eigenvalue weighted by atomic mass is 9.63. The molecular weight excluding hydrogens is 240 g/mol. The van der Waals surface area contributed by atoms with Gasteiger partial charge in [0.15, 0.2) is 0 Å². The van der Waals surface area contributed by atoms with E-state index < -0.39 is 0 Å². The Balaban J connectivity index is 2.03. The molecule has 2 rings (SSSR count). The summed E-state index contributed by atoms with van der Waals surface area (Å²) in [6.07, 6.45) is 21.2. The Morgan fingerprint density at radius 3 is 1.65 bits per heavy atom. The SMILES string of the molecule is CCCCC(CC)C(C1CCCCC1)C1CCCCC1. The fraction of sp³-hybridized carbons (Fsp3) is 1.00. The van der Waals surface area contributed by atoms with Crippen molar-refractivity contribution in [1.82, 2.24) is 0 Å². The lowest BCUT2D eigenvalue weighted by Gasteiger charge is -2.42. The van der Waals surface area contributed by atoms with Crippen molar-refractivity contribution < 1.29 is 0 Å². The van der Waals surface area contributed by atoms with E-state index in [9.17, 15) is 0 Å². The van der Waals surface area contributed by atoms with Crippen molar-refractivity contribution in [2.45, 2.75) is 104 Å². The average Bonchev–Trinajstić information content (AvgIpc) is 2.53. The Morgan fingerprint density at radius 2 is 1.25 bits per heavy atom. The molecular formula is C20H38. The zero-order chi connectivity index (χ0) is 14.2. The largest absolute Gasteiger partial charge is 0.0654 e. The highest BCUT2D eigenvalue weighted by atomic mass is 14.4. The van der Waals surface area contributed by atoms with Crippen LogP contribution in [0.25, 0.3) is 0 Å². The van der Waals surface area contributed by atoms with Crippen LogP contribution in [0.1, 0.15) is 104 Å². The molecule has 0 spiro atoms. The summed E-state index contributed by atoms with van der Waals surface area (Å²) in [6, 6.07) is 0. The zero-order valence-electron chi connectivity index (χ0n) is 14.2. The van der Waals surface area contributed by atoms with Crippen LogP contribution in [-0.4, -0.2) is 0 Å². The minimum atomic E-state index is 1.04. The molecule has 0 heterocycles. The number of rotatable bonds is 7. The lowest BCUT2D eigenvalue weighted by molar-refractivity contribution is 0.0788. The molecule has 0 nitrogen and oxygen atoms in total. The number of hydrogen-bond donors (Lipinski definition) is 0. The van der Waals surface area contributed by atoms with Crippen molar-refractivity contribution in [3.05, 3.63) is 0 Å². The Labute approximate surface area is 128 Å². The minimum absolute atomic E-state index is 1.04. The second-order valence-corrected chi connectivity index (χ2v) is 7.68. The van der Waals surface area contributed by atoms with Crippen molar-refractivity contribution >= 4 is 0 Å². The van der Waals surface area contributed by atoms with Crippen molar-refractivity contribution in [3.8, 4) is 0 Å². The number of hydrogen-bond acceptors (Lipinski definition) is 0. The van der Waals surface area contributed by atoms with Crippen LogP contribution in [0.15, 0.2) is 0 Å². The predicted molar refractivity (Wildman–Crippen MR) is 89.9 cm³/mol. The topological polar surface area (TPSA) is 0 Å². The Hall–Kier alpha value is 0. The summed E-state index contributed by atoms with van der Waals surface area (Å²) in [5.41, 5.74) is 0. The van der Waals surface area contributed by atoms with E-state index in [0.29, 0.717) is 0 Å². The van der Waals surface area contributed by atoms with Gasteiger partial charge >= 0.3 is 0 Å². The minimum Gasteiger partial charge on any atom is -0.0654 e. The molecule has 0 amide bonds. The van der Waals surface area contributed by atoms with E-state index in [4.69, 9.17) is 0 Å². The van der Waals surface area contributed by atoms with Crippen LogP contribution in [-0.2, 0) is 0 Å². The first-order chi connectivity index (χ1) is 9.86. The van der Waals surface area contributed by atoms with E-state index >= 15 is 0 Å². The van der Waals surface area contributed by atoms with Gasteiger partial charge in [0, 0.05) is 0 Å². The summed E-state index contributed by atoms with van der Waals surface area (Å²) in [5.74, 6) is 4.32. The highest BCUT2D eigenvalue weighted by Gasteiger charge is 2.35. The van der Waals surface area contributed by atoms with Gasteiger partial charge in [0.05, 0.1) is 0 Å². The molecule has 1 unspecified atom stereocenters. The molecule has 118 valence electrons. The molecule has 2 aliphatic carbocycles. The predicted octanol–water partition coefficient (Wildman–Crippen LogP) is 6.98. The van der Waals surface area contributed by atoms with E-state index in [2.05, 4.69) is 13.8 Å². The van der Waals surface area contributed by atoms with Gasteiger partial charge in [-0.05, 0) is 23.7 Å². The van der Waals surface area contributed by atoms with E-state index in [1.54, 1.807) is 25.7 Å². The van der Waals surface area contributed by atoms with Crippen LogP contribution >= 0.6 is 0 Å². The summed E-state index contributed by atoms with van der Waals surface area (Å²) >= 11 is 0. The monoisotopic (exact) mass is 278 g/mol. The second kappa shape index (κ2) is 9.11. The van der Waals surface area contributed by atoms with Crippen LogP contribution in [0.3, 0.4) is 0 Å². The standard InChI is InChI=1S/C20H38/c1-3-5-12-17(4-2)20(18-13-8-6-9-14-18)19-15-10-7-11-16-19/h17-20H,3-16H2,1-2H3. The molecule has 2 saturated carbocycles. The first-order valence-electron chi connectivity index (χ1n) is 9.86. The van der Waals surface area contributed by atoms with Crippen molar-refractivity contribution in [2.24, 2.45) is 23.7 Å². The maximum atomic E-state index is 2.47. The number of unbranched alkanes of at least 4 members (excludes halogenated alkanes) is 1. The third-order valence-electron chi connectivity index (χ3n) is 6.39. The maximum Gasteiger partial charge on any atom is -0.0329 e. The summed E-state index contributed by atoms with van der Waals surface area (Å²) in [4.78, 5) is 0. The first kappa shape index (κ1) is 16.4. The summed E-state index contributed by atoms with van der Waals surface area (Å²) in [5, 5.41) is 0. The van der Waals surface area contributed by atoms with Crippen LogP contribution in [0.5, 0.6) is 0 Å². The third kappa shape index (κ3) is 4.50. The van der Waals surface area contributed by atoms with Gasteiger partial charge in [-0.1, -0.05) is 104 Å². The quantitative estimate of drug-likeness (QED) is 0.471. The van der Waals surface area contributed by atoms with Gasteiger partial charge in [-0.3, -0.25) is 0 Å². The van der Waals surface area contributed by atoms with E-state index in [0.717, 1.165) is 23.7 Å². The fourth-order valence-corrected chi connectivity index (χ4v) is 5.33. The summed E-state index contributed by atoms with van der Waals surface area (Å²) in [7, 11) is 0. The molecule has 0 bridgehead atoms. The van der Waals surface area contributed by atoms with Gasteiger partial charge in [-0.2, -0.15) is 0 Å². The van der Waals surface area contributed by atoms with E-state index in [1.807, 2.05) is 0 Å².